The van der Waals surface area contributed by atoms with Gasteiger partial charge in [0.25, 0.3) is 0 Å². The maximum Gasteiger partial charge on any atom is 0.0616 e. The molecule has 1 heterocycles. The van der Waals surface area contributed by atoms with Crippen LogP contribution in [0.2, 0.25) is 0 Å². The van der Waals surface area contributed by atoms with Crippen molar-refractivity contribution < 1.29 is 5.11 Å². The van der Waals surface area contributed by atoms with Gasteiger partial charge < -0.3 is 15.3 Å². The van der Waals surface area contributed by atoms with E-state index in [4.69, 9.17) is 0 Å². The van der Waals surface area contributed by atoms with Crippen molar-refractivity contribution in [3.63, 3.8) is 0 Å². The van der Waals surface area contributed by atoms with Gasteiger partial charge in [-0.2, -0.15) is 0 Å². The average Bonchev–Trinajstić information content (AvgIpc) is 3.10. The molecule has 0 radical (unpaired) electrons. The van der Waals surface area contributed by atoms with Crippen LogP contribution in [0.4, 0.5) is 0 Å². The van der Waals surface area contributed by atoms with Gasteiger partial charge in [-0.05, 0) is 62.9 Å². The topological polar surface area (TPSA) is 35.5 Å². The molecule has 0 aromatic heterocycles. The number of likely N-dealkylation sites (N-methyl/N-ethyl adjacent to an activating group) is 1. The molecule has 20 heavy (non-hydrogen) atoms. The maximum atomic E-state index is 9.87. The zero-order chi connectivity index (χ0) is 14.0. The summed E-state index contributed by atoms with van der Waals surface area (Å²) in [5.74, 6) is 2.69. The maximum absolute atomic E-state index is 9.87. The fourth-order valence-electron chi connectivity index (χ4n) is 5.27. The molecule has 3 nitrogen and oxygen atoms in total. The lowest BCUT2D eigenvalue weighted by Gasteiger charge is -2.35. The summed E-state index contributed by atoms with van der Waals surface area (Å²) in [6, 6.07) is 0. The van der Waals surface area contributed by atoms with E-state index in [1.54, 1.807) is 0 Å². The molecular weight excluding hydrogens is 248 g/mol. The van der Waals surface area contributed by atoms with E-state index in [1.165, 1.54) is 58.2 Å². The third-order valence-corrected chi connectivity index (χ3v) is 6.36. The van der Waals surface area contributed by atoms with E-state index in [0.717, 1.165) is 24.8 Å². The van der Waals surface area contributed by atoms with Crippen LogP contribution in [0.25, 0.3) is 0 Å². The summed E-state index contributed by atoms with van der Waals surface area (Å²) >= 11 is 0. The van der Waals surface area contributed by atoms with E-state index in [-0.39, 0.29) is 5.54 Å². The van der Waals surface area contributed by atoms with Gasteiger partial charge in [0.05, 0.1) is 6.61 Å². The number of aliphatic hydroxyl groups excluding tert-OH is 1. The quantitative estimate of drug-likeness (QED) is 0.783. The first-order valence-corrected chi connectivity index (χ1v) is 8.85. The average molecular weight is 280 g/mol. The molecule has 1 saturated heterocycles. The highest BCUT2D eigenvalue weighted by Gasteiger charge is 2.42. The van der Waals surface area contributed by atoms with Crippen molar-refractivity contribution in [3.05, 3.63) is 0 Å². The van der Waals surface area contributed by atoms with E-state index >= 15 is 0 Å². The molecule has 0 spiro atoms. The number of aliphatic hydroxyl groups is 1. The molecule has 0 bridgehead atoms. The molecule has 3 aliphatic rings. The van der Waals surface area contributed by atoms with Crippen LogP contribution in [-0.2, 0) is 0 Å². The summed E-state index contributed by atoms with van der Waals surface area (Å²) in [5, 5.41) is 13.5. The lowest BCUT2D eigenvalue weighted by molar-refractivity contribution is 0.114. The van der Waals surface area contributed by atoms with Gasteiger partial charge in [0, 0.05) is 18.6 Å². The van der Waals surface area contributed by atoms with Gasteiger partial charge in [0.15, 0.2) is 0 Å². The van der Waals surface area contributed by atoms with Crippen molar-refractivity contribution in [3.8, 4) is 0 Å². The highest BCUT2D eigenvalue weighted by molar-refractivity contribution is 4.99. The molecule has 0 aromatic rings. The Kier molecular flexibility index (Phi) is 4.68. The van der Waals surface area contributed by atoms with E-state index in [2.05, 4.69) is 17.1 Å². The fraction of sp³-hybridized carbons (Fsp3) is 1.00. The van der Waals surface area contributed by atoms with Crippen molar-refractivity contribution in [2.75, 3.05) is 32.8 Å². The van der Waals surface area contributed by atoms with Crippen molar-refractivity contribution >= 4 is 0 Å². The minimum Gasteiger partial charge on any atom is -0.394 e. The monoisotopic (exact) mass is 280 g/mol. The Morgan fingerprint density at radius 1 is 1.15 bits per heavy atom. The molecule has 4 unspecified atom stereocenters. The molecule has 0 aromatic carbocycles. The van der Waals surface area contributed by atoms with Crippen LogP contribution in [0.5, 0.6) is 0 Å². The number of hydrogen-bond donors (Lipinski definition) is 2. The summed E-state index contributed by atoms with van der Waals surface area (Å²) in [4.78, 5) is 2.71. The molecular formula is C17H32N2O. The van der Waals surface area contributed by atoms with Gasteiger partial charge in [-0.15, -0.1) is 0 Å². The smallest absolute Gasteiger partial charge is 0.0616 e. The minimum absolute atomic E-state index is 0.0321. The van der Waals surface area contributed by atoms with E-state index in [1.807, 2.05) is 0 Å². The zero-order valence-electron chi connectivity index (χ0n) is 13.1. The lowest BCUT2D eigenvalue weighted by atomic mass is 9.85. The van der Waals surface area contributed by atoms with Crippen molar-refractivity contribution in [2.45, 2.75) is 57.4 Å². The predicted molar refractivity (Wildman–Crippen MR) is 82.7 cm³/mol. The standard InChI is InChI=1S/C17H32N2O/c1-2-18-17(13-20)9-4-7-16(17)8-10-19-11-14-5-3-6-15(14)12-19/h14-16,18,20H,2-13H2,1H3. The van der Waals surface area contributed by atoms with E-state index < -0.39 is 0 Å². The first-order chi connectivity index (χ1) is 9.77. The Hall–Kier alpha value is -0.120. The number of likely N-dealkylation sites (tertiary alicyclic amines) is 1. The molecule has 1 aliphatic heterocycles. The lowest BCUT2D eigenvalue weighted by Crippen LogP contribution is -2.51. The van der Waals surface area contributed by atoms with Gasteiger partial charge in [0.1, 0.15) is 0 Å². The summed E-state index contributed by atoms with van der Waals surface area (Å²) in [6.45, 7) is 7.41. The third-order valence-electron chi connectivity index (χ3n) is 6.36. The van der Waals surface area contributed by atoms with Crippen LogP contribution in [0.1, 0.15) is 51.9 Å². The van der Waals surface area contributed by atoms with Crippen molar-refractivity contribution in [1.82, 2.24) is 10.2 Å². The van der Waals surface area contributed by atoms with E-state index in [0.29, 0.717) is 12.5 Å². The Morgan fingerprint density at radius 3 is 2.55 bits per heavy atom. The van der Waals surface area contributed by atoms with Crippen LogP contribution in [0, 0.1) is 17.8 Å². The second-order valence-corrected chi connectivity index (χ2v) is 7.43. The van der Waals surface area contributed by atoms with Gasteiger partial charge in [-0.25, -0.2) is 0 Å². The van der Waals surface area contributed by atoms with Crippen LogP contribution in [0.15, 0.2) is 0 Å². The molecule has 3 rings (SSSR count). The summed E-state index contributed by atoms with van der Waals surface area (Å²) in [7, 11) is 0. The second-order valence-electron chi connectivity index (χ2n) is 7.43. The highest BCUT2D eigenvalue weighted by atomic mass is 16.3. The largest absolute Gasteiger partial charge is 0.394 e. The second kappa shape index (κ2) is 6.33. The highest BCUT2D eigenvalue weighted by Crippen LogP contribution is 2.40. The molecule has 0 amide bonds. The summed E-state index contributed by atoms with van der Waals surface area (Å²) in [5.41, 5.74) is 0.0321. The minimum atomic E-state index is 0.0321. The Labute approximate surface area is 124 Å². The molecule has 2 saturated carbocycles. The molecule has 116 valence electrons. The van der Waals surface area contributed by atoms with E-state index in [9.17, 15) is 5.11 Å². The fourth-order valence-corrected chi connectivity index (χ4v) is 5.27. The predicted octanol–water partition coefficient (Wildman–Crippen LogP) is 2.25. The van der Waals surface area contributed by atoms with Gasteiger partial charge in [-0.1, -0.05) is 19.8 Å². The molecule has 2 aliphatic carbocycles. The van der Waals surface area contributed by atoms with Crippen molar-refractivity contribution in [1.29, 1.82) is 0 Å². The number of hydrogen-bond acceptors (Lipinski definition) is 3. The van der Waals surface area contributed by atoms with Crippen LogP contribution >= 0.6 is 0 Å². The number of nitrogens with zero attached hydrogens (tertiary/aromatic N) is 1. The summed E-state index contributed by atoms with van der Waals surface area (Å²) in [6.07, 6.45) is 9.43. The Bertz CT molecular complexity index is 310. The first kappa shape index (κ1) is 14.8. The normalized spacial score (nSPS) is 41.4. The number of nitrogens with one attached hydrogen (secondary N) is 1. The van der Waals surface area contributed by atoms with Gasteiger partial charge >= 0.3 is 0 Å². The van der Waals surface area contributed by atoms with Gasteiger partial charge in [0.2, 0.25) is 0 Å². The SMILES string of the molecule is CCNC1(CO)CCCC1CCN1CC2CCCC2C1. The summed E-state index contributed by atoms with van der Waals surface area (Å²) < 4.78 is 0. The zero-order valence-corrected chi connectivity index (χ0v) is 13.1. The van der Waals surface area contributed by atoms with Crippen LogP contribution < -0.4 is 5.32 Å². The Morgan fingerprint density at radius 2 is 1.90 bits per heavy atom. The molecule has 4 atom stereocenters. The van der Waals surface area contributed by atoms with Crippen LogP contribution in [0.3, 0.4) is 0 Å². The Balaban J connectivity index is 1.50. The van der Waals surface area contributed by atoms with Gasteiger partial charge in [-0.3, -0.25) is 0 Å². The van der Waals surface area contributed by atoms with Crippen molar-refractivity contribution in [2.24, 2.45) is 17.8 Å². The first-order valence-electron chi connectivity index (χ1n) is 8.85. The molecule has 3 fully saturated rings. The third kappa shape index (κ3) is 2.77. The number of fused-ring (bicyclic) bond motifs is 1. The molecule has 2 N–H and O–H groups in total. The molecule has 3 heteroatoms. The number of rotatable bonds is 6. The van der Waals surface area contributed by atoms with Crippen LogP contribution in [-0.4, -0.2) is 48.3 Å².